The van der Waals surface area contributed by atoms with Crippen molar-refractivity contribution in [1.82, 2.24) is 0 Å². The first-order chi connectivity index (χ1) is 8.11. The SMILES string of the molecule is COC(=O)C(Sc1cc(Cl)ccc1Cl)C1CC1. The lowest BCUT2D eigenvalue weighted by Gasteiger charge is -2.14. The Balaban J connectivity index is 2.16. The second kappa shape index (κ2) is 5.51. The molecule has 0 aromatic heterocycles. The molecule has 5 heteroatoms. The number of hydrogen-bond donors (Lipinski definition) is 0. The van der Waals surface area contributed by atoms with Gasteiger partial charge >= 0.3 is 5.97 Å². The van der Waals surface area contributed by atoms with E-state index in [2.05, 4.69) is 0 Å². The minimum Gasteiger partial charge on any atom is -0.468 e. The van der Waals surface area contributed by atoms with E-state index in [9.17, 15) is 4.79 Å². The molecule has 2 rings (SSSR count). The van der Waals surface area contributed by atoms with Crippen molar-refractivity contribution in [3.63, 3.8) is 0 Å². The molecule has 1 atom stereocenters. The van der Waals surface area contributed by atoms with Crippen LogP contribution in [-0.2, 0) is 9.53 Å². The third kappa shape index (κ3) is 3.30. The predicted octanol–water partition coefficient (Wildman–Crippen LogP) is 4.04. The quantitative estimate of drug-likeness (QED) is 0.618. The Hall–Kier alpha value is -0.380. The number of benzene rings is 1. The Morgan fingerprint density at radius 3 is 2.76 bits per heavy atom. The monoisotopic (exact) mass is 290 g/mol. The molecule has 1 saturated carbocycles. The van der Waals surface area contributed by atoms with Gasteiger partial charge in [-0.25, -0.2) is 0 Å². The number of methoxy groups -OCH3 is 1. The fourth-order valence-corrected chi connectivity index (χ4v) is 3.35. The van der Waals surface area contributed by atoms with Gasteiger partial charge in [0.15, 0.2) is 0 Å². The molecule has 1 aromatic rings. The van der Waals surface area contributed by atoms with Crippen LogP contribution in [0.3, 0.4) is 0 Å². The van der Waals surface area contributed by atoms with Crippen LogP contribution in [-0.4, -0.2) is 18.3 Å². The highest BCUT2D eigenvalue weighted by molar-refractivity contribution is 8.00. The summed E-state index contributed by atoms with van der Waals surface area (Å²) in [7, 11) is 1.41. The van der Waals surface area contributed by atoms with Gasteiger partial charge in [0.2, 0.25) is 0 Å². The van der Waals surface area contributed by atoms with Gasteiger partial charge in [-0.15, -0.1) is 11.8 Å². The maximum atomic E-state index is 11.7. The van der Waals surface area contributed by atoms with Crippen molar-refractivity contribution >= 4 is 40.9 Å². The molecule has 1 aromatic carbocycles. The summed E-state index contributed by atoms with van der Waals surface area (Å²) in [5.74, 6) is 0.219. The normalized spacial score (nSPS) is 16.6. The van der Waals surface area contributed by atoms with Crippen LogP contribution in [0.25, 0.3) is 0 Å². The van der Waals surface area contributed by atoms with Gasteiger partial charge in [0.25, 0.3) is 0 Å². The summed E-state index contributed by atoms with van der Waals surface area (Å²) in [4.78, 5) is 12.5. The number of halogens is 2. The topological polar surface area (TPSA) is 26.3 Å². The van der Waals surface area contributed by atoms with Crippen molar-refractivity contribution < 1.29 is 9.53 Å². The first-order valence-electron chi connectivity index (χ1n) is 5.31. The second-order valence-electron chi connectivity index (χ2n) is 3.97. The molecule has 0 spiro atoms. The van der Waals surface area contributed by atoms with Crippen LogP contribution in [0.2, 0.25) is 10.0 Å². The number of esters is 1. The number of carbonyl (C=O) groups excluding carboxylic acids is 1. The van der Waals surface area contributed by atoms with Gasteiger partial charge in [-0.1, -0.05) is 23.2 Å². The number of hydrogen-bond acceptors (Lipinski definition) is 3. The molecule has 0 saturated heterocycles. The summed E-state index contributed by atoms with van der Waals surface area (Å²) in [6.45, 7) is 0. The Bertz CT molecular complexity index is 433. The molecular formula is C12H12Cl2O2S. The smallest absolute Gasteiger partial charge is 0.319 e. The Kier molecular flexibility index (Phi) is 4.23. The third-order valence-corrected chi connectivity index (χ3v) is 4.73. The number of ether oxygens (including phenoxy) is 1. The summed E-state index contributed by atoms with van der Waals surface area (Å²) in [5, 5.41) is 1.07. The maximum Gasteiger partial charge on any atom is 0.319 e. The highest BCUT2D eigenvalue weighted by Crippen LogP contribution is 2.44. The van der Waals surface area contributed by atoms with Gasteiger partial charge in [0, 0.05) is 9.92 Å². The van der Waals surface area contributed by atoms with Crippen molar-refractivity contribution in [1.29, 1.82) is 0 Å². The predicted molar refractivity (Wildman–Crippen MR) is 70.8 cm³/mol. The van der Waals surface area contributed by atoms with Crippen LogP contribution in [0, 0.1) is 5.92 Å². The summed E-state index contributed by atoms with van der Waals surface area (Å²) in [6, 6.07) is 5.26. The zero-order valence-corrected chi connectivity index (χ0v) is 11.6. The van der Waals surface area contributed by atoms with E-state index < -0.39 is 0 Å². The van der Waals surface area contributed by atoms with E-state index >= 15 is 0 Å². The van der Waals surface area contributed by atoms with Crippen LogP contribution >= 0.6 is 35.0 Å². The zero-order valence-electron chi connectivity index (χ0n) is 9.28. The van der Waals surface area contributed by atoms with E-state index in [0.29, 0.717) is 16.0 Å². The average molecular weight is 291 g/mol. The zero-order chi connectivity index (χ0) is 12.4. The third-order valence-electron chi connectivity index (χ3n) is 2.63. The van der Waals surface area contributed by atoms with Gasteiger partial charge < -0.3 is 4.74 Å². The Morgan fingerprint density at radius 1 is 1.47 bits per heavy atom. The molecule has 0 aliphatic heterocycles. The largest absolute Gasteiger partial charge is 0.468 e. The molecule has 1 aliphatic rings. The van der Waals surface area contributed by atoms with Crippen molar-refractivity contribution in [2.75, 3.05) is 7.11 Å². The standard InChI is InChI=1S/C12H12Cl2O2S/c1-16-12(15)11(7-2-3-7)17-10-6-8(13)4-5-9(10)14/h4-7,11H,2-3H2,1H3. The molecule has 0 radical (unpaired) electrons. The summed E-state index contributed by atoms with van der Waals surface area (Å²) >= 11 is 13.4. The fraction of sp³-hybridized carbons (Fsp3) is 0.417. The molecule has 1 aliphatic carbocycles. The number of carbonyl (C=O) groups is 1. The van der Waals surface area contributed by atoms with E-state index in [4.69, 9.17) is 27.9 Å². The van der Waals surface area contributed by atoms with Crippen LogP contribution in [0.1, 0.15) is 12.8 Å². The summed E-state index contributed by atoms with van der Waals surface area (Å²) in [5.41, 5.74) is 0. The van der Waals surface area contributed by atoms with Gasteiger partial charge in [0.05, 0.1) is 12.1 Å². The lowest BCUT2D eigenvalue weighted by Crippen LogP contribution is -2.20. The summed E-state index contributed by atoms with van der Waals surface area (Å²) < 4.78 is 4.82. The van der Waals surface area contributed by atoms with E-state index in [1.165, 1.54) is 18.9 Å². The molecule has 0 N–H and O–H groups in total. The van der Waals surface area contributed by atoms with Crippen LogP contribution in [0.15, 0.2) is 23.1 Å². The molecule has 0 heterocycles. The lowest BCUT2D eigenvalue weighted by molar-refractivity contribution is -0.140. The van der Waals surface area contributed by atoms with Crippen LogP contribution in [0.5, 0.6) is 0 Å². The van der Waals surface area contributed by atoms with Crippen molar-refractivity contribution in [3.8, 4) is 0 Å². The minimum absolute atomic E-state index is 0.170. The minimum atomic E-state index is -0.187. The molecule has 0 bridgehead atoms. The van der Waals surface area contributed by atoms with Gasteiger partial charge in [0.1, 0.15) is 5.25 Å². The molecule has 2 nitrogen and oxygen atoms in total. The molecule has 1 unspecified atom stereocenters. The van der Waals surface area contributed by atoms with Gasteiger partial charge in [-0.3, -0.25) is 4.79 Å². The summed E-state index contributed by atoms with van der Waals surface area (Å²) in [6.07, 6.45) is 2.15. The molecular weight excluding hydrogens is 279 g/mol. The number of thioether (sulfide) groups is 1. The van der Waals surface area contributed by atoms with Crippen LogP contribution in [0.4, 0.5) is 0 Å². The van der Waals surface area contributed by atoms with E-state index in [0.717, 1.165) is 17.7 Å². The van der Waals surface area contributed by atoms with Crippen LogP contribution < -0.4 is 0 Å². The maximum absolute atomic E-state index is 11.7. The van der Waals surface area contributed by atoms with Crippen molar-refractivity contribution in [2.24, 2.45) is 5.92 Å². The first-order valence-corrected chi connectivity index (χ1v) is 6.95. The van der Waals surface area contributed by atoms with Crippen molar-refractivity contribution in [2.45, 2.75) is 23.0 Å². The lowest BCUT2D eigenvalue weighted by atomic mass is 10.3. The van der Waals surface area contributed by atoms with E-state index in [1.54, 1.807) is 18.2 Å². The van der Waals surface area contributed by atoms with E-state index in [1.807, 2.05) is 0 Å². The van der Waals surface area contributed by atoms with Crippen molar-refractivity contribution in [3.05, 3.63) is 28.2 Å². The number of rotatable bonds is 4. The molecule has 17 heavy (non-hydrogen) atoms. The first kappa shape index (κ1) is 13.1. The Labute approximate surface area is 115 Å². The van der Waals surface area contributed by atoms with Gasteiger partial charge in [-0.05, 0) is 37.0 Å². The van der Waals surface area contributed by atoms with Gasteiger partial charge in [-0.2, -0.15) is 0 Å². The second-order valence-corrected chi connectivity index (χ2v) is 6.00. The highest BCUT2D eigenvalue weighted by atomic mass is 35.5. The molecule has 1 fully saturated rings. The molecule has 92 valence electrons. The highest BCUT2D eigenvalue weighted by Gasteiger charge is 2.38. The fourth-order valence-electron chi connectivity index (χ4n) is 1.56. The average Bonchev–Trinajstić information content (AvgIpc) is 3.13. The molecule has 0 amide bonds. The Morgan fingerprint density at radius 2 is 2.18 bits per heavy atom. The van der Waals surface area contributed by atoms with E-state index in [-0.39, 0.29) is 11.2 Å².